The smallest absolute Gasteiger partial charge is 0.331 e. The highest BCUT2D eigenvalue weighted by molar-refractivity contribution is 8.18. The summed E-state index contributed by atoms with van der Waals surface area (Å²) in [5.41, 5.74) is 1.86. The molecule has 10 heteroatoms. The molecule has 144 valence electrons. The number of thioether (sulfide) groups is 1. The van der Waals surface area contributed by atoms with Crippen molar-refractivity contribution in [2.75, 3.05) is 19.5 Å². The Labute approximate surface area is 164 Å². The fourth-order valence-corrected chi connectivity index (χ4v) is 3.21. The maximum Gasteiger partial charge on any atom is 0.331 e. The number of aromatic nitrogens is 2. The standard InChI is InChI=1S/C18H17N5O4S/c1-10-4-6-11(7-5-10)21-16(25)14-15(20-9-19-14)22-18-23(2)17(26)12(28-18)8-13(24)27-3/h4-9H,1-3H3,(H,19,20)(H,21,25)/b12-8+,22-18-. The van der Waals surface area contributed by atoms with E-state index >= 15 is 0 Å². The number of carbonyl (C=O) groups is 3. The van der Waals surface area contributed by atoms with Crippen molar-refractivity contribution in [1.29, 1.82) is 0 Å². The van der Waals surface area contributed by atoms with E-state index in [2.05, 4.69) is 25.0 Å². The molecule has 0 saturated carbocycles. The van der Waals surface area contributed by atoms with Crippen molar-refractivity contribution in [2.45, 2.75) is 6.92 Å². The van der Waals surface area contributed by atoms with E-state index in [1.807, 2.05) is 19.1 Å². The molecule has 0 spiro atoms. The summed E-state index contributed by atoms with van der Waals surface area (Å²) in [6.45, 7) is 1.95. The lowest BCUT2D eigenvalue weighted by Gasteiger charge is -2.07. The second-order valence-electron chi connectivity index (χ2n) is 5.81. The second kappa shape index (κ2) is 8.09. The number of benzene rings is 1. The minimum atomic E-state index is -0.636. The number of nitrogens with one attached hydrogen (secondary N) is 2. The maximum atomic E-state index is 12.5. The van der Waals surface area contributed by atoms with Crippen LogP contribution in [0, 0.1) is 6.92 Å². The van der Waals surface area contributed by atoms with Crippen LogP contribution in [0.5, 0.6) is 0 Å². The number of amidine groups is 1. The normalized spacial score (nSPS) is 16.7. The van der Waals surface area contributed by atoms with Gasteiger partial charge in [0, 0.05) is 18.8 Å². The van der Waals surface area contributed by atoms with E-state index in [-0.39, 0.29) is 21.6 Å². The van der Waals surface area contributed by atoms with Gasteiger partial charge in [-0.25, -0.2) is 14.8 Å². The highest BCUT2D eigenvalue weighted by Crippen LogP contribution is 2.31. The molecule has 2 N–H and O–H groups in total. The van der Waals surface area contributed by atoms with Crippen LogP contribution in [0.2, 0.25) is 0 Å². The molecule has 0 aliphatic carbocycles. The van der Waals surface area contributed by atoms with Crippen molar-refractivity contribution in [3.63, 3.8) is 0 Å². The minimum absolute atomic E-state index is 0.131. The van der Waals surface area contributed by atoms with E-state index in [0.717, 1.165) is 23.4 Å². The number of imidazole rings is 1. The number of anilines is 1. The van der Waals surface area contributed by atoms with Crippen molar-refractivity contribution >= 4 is 46.2 Å². The summed E-state index contributed by atoms with van der Waals surface area (Å²) >= 11 is 0.996. The highest BCUT2D eigenvalue weighted by Gasteiger charge is 2.32. The molecule has 2 amide bonds. The van der Waals surface area contributed by atoms with Gasteiger partial charge in [0.1, 0.15) is 0 Å². The van der Waals surface area contributed by atoms with Gasteiger partial charge in [0.25, 0.3) is 11.8 Å². The molecular formula is C18H17N5O4S. The molecule has 1 fully saturated rings. The zero-order valence-corrected chi connectivity index (χ0v) is 16.2. The number of likely N-dealkylation sites (N-methyl/N-ethyl adjacent to an activating group) is 1. The minimum Gasteiger partial charge on any atom is -0.466 e. The lowest BCUT2D eigenvalue weighted by atomic mass is 10.2. The largest absolute Gasteiger partial charge is 0.466 e. The lowest BCUT2D eigenvalue weighted by molar-refractivity contribution is -0.135. The first-order chi connectivity index (χ1) is 13.4. The van der Waals surface area contributed by atoms with Crippen LogP contribution in [0.4, 0.5) is 11.5 Å². The third-order valence-electron chi connectivity index (χ3n) is 3.81. The molecule has 1 aliphatic rings. The second-order valence-corrected chi connectivity index (χ2v) is 6.82. The van der Waals surface area contributed by atoms with E-state index < -0.39 is 17.8 Å². The zero-order valence-electron chi connectivity index (χ0n) is 15.3. The predicted molar refractivity (Wildman–Crippen MR) is 105 cm³/mol. The Morgan fingerprint density at radius 3 is 2.71 bits per heavy atom. The molecule has 0 radical (unpaired) electrons. The number of H-pyrrole nitrogens is 1. The number of esters is 1. The molecular weight excluding hydrogens is 382 g/mol. The number of aromatic amines is 1. The first kappa shape index (κ1) is 19.4. The van der Waals surface area contributed by atoms with Crippen LogP contribution in [0.1, 0.15) is 16.1 Å². The van der Waals surface area contributed by atoms with Crippen LogP contribution < -0.4 is 5.32 Å². The van der Waals surface area contributed by atoms with E-state index in [0.29, 0.717) is 5.69 Å². The number of nitrogens with zero attached hydrogens (tertiary/aromatic N) is 3. The van der Waals surface area contributed by atoms with Gasteiger partial charge in [-0.3, -0.25) is 14.5 Å². The Morgan fingerprint density at radius 1 is 1.32 bits per heavy atom. The van der Waals surface area contributed by atoms with Crippen LogP contribution >= 0.6 is 11.8 Å². The van der Waals surface area contributed by atoms with Crippen molar-refractivity contribution < 1.29 is 19.1 Å². The Morgan fingerprint density at radius 2 is 2.04 bits per heavy atom. The Hall–Kier alpha value is -3.40. The molecule has 0 atom stereocenters. The number of carbonyl (C=O) groups excluding carboxylic acids is 3. The highest BCUT2D eigenvalue weighted by atomic mass is 32.2. The Balaban J connectivity index is 1.82. The fraction of sp³-hybridized carbons (Fsp3) is 0.167. The van der Waals surface area contributed by atoms with E-state index in [1.165, 1.54) is 25.4 Å². The number of aliphatic imine (C=N–C) groups is 1. The molecule has 9 nitrogen and oxygen atoms in total. The summed E-state index contributed by atoms with van der Waals surface area (Å²) in [6, 6.07) is 7.35. The van der Waals surface area contributed by atoms with Gasteiger partial charge in [-0.15, -0.1) is 0 Å². The Kier molecular flexibility index (Phi) is 5.59. The van der Waals surface area contributed by atoms with Crippen molar-refractivity contribution in [3.05, 3.63) is 52.8 Å². The van der Waals surface area contributed by atoms with Crippen LogP contribution in [-0.4, -0.2) is 52.0 Å². The van der Waals surface area contributed by atoms with E-state index in [9.17, 15) is 14.4 Å². The van der Waals surface area contributed by atoms with Crippen molar-refractivity contribution in [3.8, 4) is 0 Å². The van der Waals surface area contributed by atoms with Gasteiger partial charge in [0.05, 0.1) is 18.3 Å². The Bertz CT molecular complexity index is 994. The molecule has 0 bridgehead atoms. The van der Waals surface area contributed by atoms with Gasteiger partial charge in [0.2, 0.25) is 0 Å². The summed E-state index contributed by atoms with van der Waals surface area (Å²) in [7, 11) is 2.75. The topological polar surface area (TPSA) is 117 Å². The predicted octanol–water partition coefficient (Wildman–Crippen LogP) is 2.22. The average molecular weight is 399 g/mol. The SMILES string of the molecule is COC(=O)/C=C1/S/C(=N\c2nc[nH]c2C(=O)Nc2ccc(C)cc2)N(C)C1=O. The lowest BCUT2D eigenvalue weighted by Crippen LogP contribution is -2.24. The van der Waals surface area contributed by atoms with Crippen LogP contribution in [0.15, 0.2) is 46.6 Å². The molecule has 2 heterocycles. The quantitative estimate of drug-likeness (QED) is 0.601. The number of amides is 2. The summed E-state index contributed by atoms with van der Waals surface area (Å²) < 4.78 is 4.54. The summed E-state index contributed by atoms with van der Waals surface area (Å²) in [5.74, 6) is -1.31. The van der Waals surface area contributed by atoms with Gasteiger partial charge in [-0.1, -0.05) is 17.7 Å². The third kappa shape index (κ3) is 4.12. The maximum absolute atomic E-state index is 12.5. The average Bonchev–Trinajstić information content (AvgIpc) is 3.24. The summed E-state index contributed by atoms with van der Waals surface area (Å²) in [6.07, 6.45) is 2.44. The van der Waals surface area contributed by atoms with E-state index in [1.54, 1.807) is 12.1 Å². The molecule has 0 unspecified atom stereocenters. The summed E-state index contributed by atoms with van der Waals surface area (Å²) in [4.78, 5) is 48.7. The molecule has 1 aromatic carbocycles. The number of hydrogen-bond donors (Lipinski definition) is 2. The number of rotatable bonds is 4. The van der Waals surface area contributed by atoms with Gasteiger partial charge < -0.3 is 15.0 Å². The number of methoxy groups -OCH3 is 1. The third-order valence-corrected chi connectivity index (χ3v) is 4.87. The first-order valence-electron chi connectivity index (χ1n) is 8.14. The molecule has 1 aliphatic heterocycles. The van der Waals surface area contributed by atoms with Gasteiger partial charge in [-0.05, 0) is 30.8 Å². The van der Waals surface area contributed by atoms with Crippen LogP contribution in [0.25, 0.3) is 0 Å². The monoisotopic (exact) mass is 399 g/mol. The van der Waals surface area contributed by atoms with Crippen LogP contribution in [-0.2, 0) is 14.3 Å². The zero-order chi connectivity index (χ0) is 20.3. The number of aryl methyl sites for hydroxylation is 1. The molecule has 28 heavy (non-hydrogen) atoms. The fourth-order valence-electron chi connectivity index (χ4n) is 2.28. The molecule has 1 saturated heterocycles. The van der Waals surface area contributed by atoms with Gasteiger partial charge in [-0.2, -0.15) is 0 Å². The summed E-state index contributed by atoms with van der Waals surface area (Å²) in [5, 5.41) is 3.05. The van der Waals surface area contributed by atoms with Gasteiger partial charge in [0.15, 0.2) is 16.7 Å². The van der Waals surface area contributed by atoms with Crippen molar-refractivity contribution in [2.24, 2.45) is 4.99 Å². The molecule has 1 aromatic heterocycles. The van der Waals surface area contributed by atoms with Gasteiger partial charge >= 0.3 is 5.97 Å². The number of ether oxygens (including phenoxy) is 1. The van der Waals surface area contributed by atoms with Crippen molar-refractivity contribution in [1.82, 2.24) is 14.9 Å². The van der Waals surface area contributed by atoms with E-state index in [4.69, 9.17) is 0 Å². The first-order valence-corrected chi connectivity index (χ1v) is 8.96. The number of hydrogen-bond acceptors (Lipinski definition) is 7. The molecule has 2 aromatic rings. The molecule has 3 rings (SSSR count). The van der Waals surface area contributed by atoms with Crippen LogP contribution in [0.3, 0.4) is 0 Å².